The normalized spacial score (nSPS) is 10.3. The molecule has 1 aromatic carbocycles. The third-order valence-corrected chi connectivity index (χ3v) is 3.83. The maximum absolute atomic E-state index is 12.1. The lowest BCUT2D eigenvalue weighted by Gasteiger charge is -2.13. The van der Waals surface area contributed by atoms with Gasteiger partial charge in [-0.3, -0.25) is 0 Å². The molecule has 8 heteroatoms. The Morgan fingerprint density at radius 3 is 2.87 bits per heavy atom. The number of anilines is 2. The zero-order valence-electron chi connectivity index (χ0n) is 12.9. The van der Waals surface area contributed by atoms with Crippen molar-refractivity contribution in [2.75, 3.05) is 25.3 Å². The van der Waals surface area contributed by atoms with E-state index in [9.17, 15) is 4.79 Å². The summed E-state index contributed by atoms with van der Waals surface area (Å²) < 4.78 is 10.2. The van der Waals surface area contributed by atoms with Gasteiger partial charge in [-0.2, -0.15) is 0 Å². The summed E-state index contributed by atoms with van der Waals surface area (Å²) in [5.41, 5.74) is 0.811. The third kappa shape index (κ3) is 4.05. The molecule has 0 spiro atoms. The molecule has 6 nitrogen and oxygen atoms in total. The summed E-state index contributed by atoms with van der Waals surface area (Å²) in [6.07, 6.45) is 3.29. The first-order valence-corrected chi connectivity index (χ1v) is 8.38. The van der Waals surface area contributed by atoms with Crippen LogP contribution in [-0.4, -0.2) is 35.9 Å². The van der Waals surface area contributed by atoms with Gasteiger partial charge in [-0.15, -0.1) is 0 Å². The molecule has 0 fully saturated rings. The Balaban J connectivity index is 2.43. The van der Waals surface area contributed by atoms with E-state index in [1.807, 2.05) is 6.26 Å². The highest BCUT2D eigenvalue weighted by Gasteiger charge is 2.17. The molecular weight excluding hydrogens is 338 g/mol. The zero-order valence-corrected chi connectivity index (χ0v) is 14.5. The predicted molar refractivity (Wildman–Crippen MR) is 91.1 cm³/mol. The van der Waals surface area contributed by atoms with Crippen LogP contribution in [0.2, 0.25) is 5.02 Å². The fourth-order valence-corrected chi connectivity index (χ4v) is 2.40. The van der Waals surface area contributed by atoms with Crippen LogP contribution in [0.1, 0.15) is 17.3 Å². The van der Waals surface area contributed by atoms with Gasteiger partial charge in [0.15, 0.2) is 5.16 Å². The van der Waals surface area contributed by atoms with Crippen LogP contribution in [-0.2, 0) is 4.74 Å². The number of hydrogen-bond acceptors (Lipinski definition) is 7. The molecule has 0 aliphatic carbocycles. The van der Waals surface area contributed by atoms with E-state index in [2.05, 4.69) is 15.3 Å². The highest BCUT2D eigenvalue weighted by atomic mass is 35.5. The molecule has 0 saturated carbocycles. The first-order chi connectivity index (χ1) is 11.1. The minimum Gasteiger partial charge on any atom is -0.495 e. The molecule has 1 heterocycles. The Bertz CT molecular complexity index is 712. The summed E-state index contributed by atoms with van der Waals surface area (Å²) in [5, 5.41) is 3.98. The maximum atomic E-state index is 12.1. The lowest BCUT2D eigenvalue weighted by atomic mass is 10.2. The second-order valence-corrected chi connectivity index (χ2v) is 5.44. The van der Waals surface area contributed by atoms with Crippen molar-refractivity contribution in [3.63, 3.8) is 0 Å². The van der Waals surface area contributed by atoms with Crippen LogP contribution in [0.5, 0.6) is 5.75 Å². The number of esters is 1. The van der Waals surface area contributed by atoms with Crippen LogP contribution >= 0.6 is 23.4 Å². The number of hydrogen-bond donors (Lipinski definition) is 1. The standard InChI is InChI=1S/C15H16ClN3O3S/c1-4-22-14(20)9-8-17-15(23-3)19-13(9)18-10-6-5-7-11(21-2)12(10)16/h5-8H,4H2,1-3H3,(H,17,18,19). The van der Waals surface area contributed by atoms with E-state index in [1.54, 1.807) is 25.1 Å². The Morgan fingerprint density at radius 1 is 1.43 bits per heavy atom. The lowest BCUT2D eigenvalue weighted by molar-refractivity contribution is 0.0526. The van der Waals surface area contributed by atoms with Crippen molar-refractivity contribution in [1.29, 1.82) is 0 Å². The van der Waals surface area contributed by atoms with Crippen molar-refractivity contribution in [2.45, 2.75) is 12.1 Å². The lowest BCUT2D eigenvalue weighted by Crippen LogP contribution is -2.11. The number of aromatic nitrogens is 2. The number of ether oxygens (including phenoxy) is 2. The fourth-order valence-electron chi connectivity index (χ4n) is 1.81. The van der Waals surface area contributed by atoms with Gasteiger partial charge in [0.05, 0.1) is 19.4 Å². The highest BCUT2D eigenvalue weighted by molar-refractivity contribution is 7.98. The number of carbonyl (C=O) groups excluding carboxylic acids is 1. The highest BCUT2D eigenvalue weighted by Crippen LogP contribution is 2.34. The average Bonchev–Trinajstić information content (AvgIpc) is 2.56. The number of nitrogens with one attached hydrogen (secondary N) is 1. The van der Waals surface area contributed by atoms with Gasteiger partial charge in [0.1, 0.15) is 22.2 Å². The number of methoxy groups -OCH3 is 1. The molecular formula is C15H16ClN3O3S. The summed E-state index contributed by atoms with van der Waals surface area (Å²) in [6, 6.07) is 5.29. The smallest absolute Gasteiger partial charge is 0.343 e. The molecule has 2 rings (SSSR count). The molecule has 1 N–H and O–H groups in total. The average molecular weight is 354 g/mol. The zero-order chi connectivity index (χ0) is 16.8. The summed E-state index contributed by atoms with van der Waals surface area (Å²) >= 11 is 7.64. The molecule has 23 heavy (non-hydrogen) atoms. The monoisotopic (exact) mass is 353 g/mol. The second kappa shape index (κ2) is 8.03. The molecule has 0 bridgehead atoms. The van der Waals surface area contributed by atoms with Gasteiger partial charge in [-0.25, -0.2) is 14.8 Å². The minimum atomic E-state index is -0.498. The van der Waals surface area contributed by atoms with Gasteiger partial charge in [0.2, 0.25) is 0 Å². The number of rotatable bonds is 6. The van der Waals surface area contributed by atoms with E-state index in [4.69, 9.17) is 21.1 Å². The van der Waals surface area contributed by atoms with Gasteiger partial charge in [0.25, 0.3) is 0 Å². The van der Waals surface area contributed by atoms with Crippen molar-refractivity contribution in [3.8, 4) is 5.75 Å². The molecule has 0 unspecified atom stereocenters. The van der Waals surface area contributed by atoms with Gasteiger partial charge < -0.3 is 14.8 Å². The van der Waals surface area contributed by atoms with Crippen molar-refractivity contribution in [3.05, 3.63) is 35.0 Å². The van der Waals surface area contributed by atoms with Gasteiger partial charge in [-0.05, 0) is 25.3 Å². The third-order valence-electron chi connectivity index (χ3n) is 2.88. The van der Waals surface area contributed by atoms with E-state index in [1.165, 1.54) is 25.1 Å². The van der Waals surface area contributed by atoms with Crippen molar-refractivity contribution < 1.29 is 14.3 Å². The molecule has 0 amide bonds. The maximum Gasteiger partial charge on any atom is 0.343 e. The van der Waals surface area contributed by atoms with Crippen LogP contribution in [0.4, 0.5) is 11.5 Å². The Morgan fingerprint density at radius 2 is 2.22 bits per heavy atom. The van der Waals surface area contributed by atoms with E-state index in [0.29, 0.717) is 27.4 Å². The summed E-state index contributed by atoms with van der Waals surface area (Å²) in [4.78, 5) is 20.5. The molecule has 0 radical (unpaired) electrons. The Labute approximate surface area is 143 Å². The van der Waals surface area contributed by atoms with Gasteiger partial charge in [-0.1, -0.05) is 29.4 Å². The number of benzene rings is 1. The van der Waals surface area contributed by atoms with Crippen LogP contribution in [0.15, 0.2) is 29.6 Å². The Hall–Kier alpha value is -1.99. The summed E-state index contributed by atoms with van der Waals surface area (Å²) in [6.45, 7) is 2.00. The quantitative estimate of drug-likeness (QED) is 0.481. The molecule has 122 valence electrons. The minimum absolute atomic E-state index is 0.239. The Kier molecular flexibility index (Phi) is 6.06. The van der Waals surface area contributed by atoms with Crippen LogP contribution in [0.3, 0.4) is 0 Å². The SMILES string of the molecule is CCOC(=O)c1cnc(SC)nc1Nc1cccc(OC)c1Cl. The molecule has 0 atom stereocenters. The van der Waals surface area contributed by atoms with Gasteiger partial charge in [0, 0.05) is 6.20 Å². The summed E-state index contributed by atoms with van der Waals surface area (Å²) in [7, 11) is 1.53. The molecule has 0 aliphatic heterocycles. The first-order valence-electron chi connectivity index (χ1n) is 6.78. The van der Waals surface area contributed by atoms with Gasteiger partial charge >= 0.3 is 5.97 Å². The number of nitrogens with zero attached hydrogens (tertiary/aromatic N) is 2. The number of thioether (sulfide) groups is 1. The largest absolute Gasteiger partial charge is 0.495 e. The van der Waals surface area contributed by atoms with E-state index < -0.39 is 5.97 Å². The molecule has 0 aliphatic rings. The van der Waals surface area contributed by atoms with Crippen molar-refractivity contribution in [1.82, 2.24) is 9.97 Å². The second-order valence-electron chi connectivity index (χ2n) is 4.29. The fraction of sp³-hybridized carbons (Fsp3) is 0.267. The van der Waals surface area contributed by atoms with Crippen LogP contribution in [0.25, 0.3) is 0 Å². The molecule has 2 aromatic rings. The molecule has 1 aromatic heterocycles. The van der Waals surface area contributed by atoms with E-state index in [-0.39, 0.29) is 12.2 Å². The first kappa shape index (κ1) is 17.4. The predicted octanol–water partition coefficient (Wildman–Crippen LogP) is 3.78. The van der Waals surface area contributed by atoms with Crippen molar-refractivity contribution in [2.24, 2.45) is 0 Å². The summed E-state index contributed by atoms with van der Waals surface area (Å²) in [5.74, 6) is 0.355. The number of halogens is 1. The number of carbonyl (C=O) groups is 1. The molecule has 0 saturated heterocycles. The topological polar surface area (TPSA) is 73.3 Å². The van der Waals surface area contributed by atoms with Crippen LogP contribution in [0, 0.1) is 0 Å². The van der Waals surface area contributed by atoms with E-state index >= 15 is 0 Å². The van der Waals surface area contributed by atoms with E-state index in [0.717, 1.165) is 0 Å². The van der Waals surface area contributed by atoms with Crippen molar-refractivity contribution >= 4 is 40.8 Å². The van der Waals surface area contributed by atoms with Crippen LogP contribution < -0.4 is 10.1 Å².